The lowest BCUT2D eigenvalue weighted by Crippen LogP contribution is -2.32. The Hall–Kier alpha value is -1.43. The number of hydrogen-bond donors (Lipinski definition) is 2. The minimum absolute atomic E-state index is 0.0461. The van der Waals surface area contributed by atoms with Crippen LogP contribution < -0.4 is 0 Å². The summed E-state index contributed by atoms with van der Waals surface area (Å²) in [5.41, 5.74) is -0.125. The monoisotopic (exact) mass is 241 g/mol. The van der Waals surface area contributed by atoms with Gasteiger partial charge < -0.3 is 10.2 Å². The van der Waals surface area contributed by atoms with Crippen LogP contribution in [0.4, 0.5) is 0 Å². The summed E-state index contributed by atoms with van der Waals surface area (Å²) < 4.78 is 1.57. The summed E-state index contributed by atoms with van der Waals surface area (Å²) in [6, 6.07) is 0. The van der Waals surface area contributed by atoms with E-state index in [1.54, 1.807) is 10.9 Å². The molecule has 17 heavy (non-hydrogen) atoms. The molecule has 0 aromatic carbocycles. The lowest BCUT2D eigenvalue weighted by molar-refractivity contribution is -0.136. The Morgan fingerprint density at radius 3 is 2.65 bits per heavy atom. The third-order valence-corrected chi connectivity index (χ3v) is 2.95. The largest absolute Gasteiger partial charge is 0.481 e. The van der Waals surface area contributed by atoms with Gasteiger partial charge in [0.1, 0.15) is 0 Å². The van der Waals surface area contributed by atoms with Gasteiger partial charge in [-0.05, 0) is 12.8 Å². The SMILES string of the molecule is CCC(O)(CC)Cn1cc(CCC(=O)O)nn1. The third-order valence-electron chi connectivity index (χ3n) is 2.95. The maximum Gasteiger partial charge on any atom is 0.303 e. The van der Waals surface area contributed by atoms with Crippen molar-refractivity contribution in [2.45, 2.75) is 51.7 Å². The molecule has 0 spiro atoms. The van der Waals surface area contributed by atoms with Crippen molar-refractivity contribution < 1.29 is 15.0 Å². The molecule has 0 aliphatic rings. The van der Waals surface area contributed by atoms with E-state index < -0.39 is 11.6 Å². The van der Waals surface area contributed by atoms with Crippen molar-refractivity contribution in [3.8, 4) is 0 Å². The summed E-state index contributed by atoms with van der Waals surface area (Å²) in [4.78, 5) is 10.4. The predicted molar refractivity (Wildman–Crippen MR) is 61.5 cm³/mol. The van der Waals surface area contributed by atoms with Crippen LogP contribution in [-0.4, -0.2) is 36.8 Å². The molecule has 0 aliphatic carbocycles. The van der Waals surface area contributed by atoms with Crippen molar-refractivity contribution in [2.24, 2.45) is 0 Å². The van der Waals surface area contributed by atoms with Crippen molar-refractivity contribution in [2.75, 3.05) is 0 Å². The lowest BCUT2D eigenvalue weighted by atomic mass is 9.98. The van der Waals surface area contributed by atoms with Crippen LogP contribution in [0, 0.1) is 0 Å². The van der Waals surface area contributed by atoms with E-state index in [4.69, 9.17) is 5.11 Å². The first kappa shape index (κ1) is 13.6. The zero-order valence-electron chi connectivity index (χ0n) is 10.3. The van der Waals surface area contributed by atoms with Gasteiger partial charge in [-0.3, -0.25) is 4.79 Å². The summed E-state index contributed by atoms with van der Waals surface area (Å²) in [7, 11) is 0. The number of aliphatic hydroxyl groups is 1. The molecule has 1 heterocycles. The molecule has 1 aromatic heterocycles. The summed E-state index contributed by atoms with van der Waals surface area (Å²) >= 11 is 0. The highest BCUT2D eigenvalue weighted by molar-refractivity contribution is 5.66. The minimum atomic E-state index is -0.849. The van der Waals surface area contributed by atoms with Gasteiger partial charge in [-0.1, -0.05) is 19.1 Å². The molecule has 96 valence electrons. The second-order valence-corrected chi connectivity index (χ2v) is 4.23. The zero-order valence-corrected chi connectivity index (χ0v) is 10.3. The minimum Gasteiger partial charge on any atom is -0.481 e. The average Bonchev–Trinajstić information content (AvgIpc) is 2.74. The van der Waals surface area contributed by atoms with E-state index in [9.17, 15) is 9.90 Å². The first-order valence-electron chi connectivity index (χ1n) is 5.82. The van der Waals surface area contributed by atoms with Gasteiger partial charge >= 0.3 is 5.97 Å². The summed E-state index contributed by atoms with van der Waals surface area (Å²) in [5, 5.41) is 26.4. The number of nitrogens with zero attached hydrogens (tertiary/aromatic N) is 3. The molecule has 6 nitrogen and oxygen atoms in total. The van der Waals surface area contributed by atoms with Gasteiger partial charge in [0.2, 0.25) is 0 Å². The van der Waals surface area contributed by atoms with Crippen LogP contribution >= 0.6 is 0 Å². The number of carboxylic acids is 1. The molecule has 0 unspecified atom stereocenters. The van der Waals surface area contributed by atoms with Crippen LogP contribution in [0.2, 0.25) is 0 Å². The van der Waals surface area contributed by atoms with E-state index in [1.807, 2.05) is 13.8 Å². The fraction of sp³-hybridized carbons (Fsp3) is 0.727. The van der Waals surface area contributed by atoms with Crippen LogP contribution in [-0.2, 0) is 17.8 Å². The molecule has 0 atom stereocenters. The normalized spacial score (nSPS) is 11.7. The highest BCUT2D eigenvalue weighted by Gasteiger charge is 2.23. The number of aromatic nitrogens is 3. The second kappa shape index (κ2) is 5.77. The van der Waals surface area contributed by atoms with Crippen LogP contribution in [0.1, 0.15) is 38.8 Å². The summed E-state index contributed by atoms with van der Waals surface area (Å²) in [6.45, 7) is 4.23. The van der Waals surface area contributed by atoms with Crippen molar-refractivity contribution in [3.05, 3.63) is 11.9 Å². The van der Waals surface area contributed by atoms with Gasteiger partial charge in [0.05, 0.1) is 24.3 Å². The topological polar surface area (TPSA) is 88.2 Å². The van der Waals surface area contributed by atoms with E-state index in [0.29, 0.717) is 31.5 Å². The van der Waals surface area contributed by atoms with Gasteiger partial charge in [0.15, 0.2) is 0 Å². The van der Waals surface area contributed by atoms with Crippen molar-refractivity contribution in [1.82, 2.24) is 15.0 Å². The smallest absolute Gasteiger partial charge is 0.303 e. The molecule has 1 rings (SSSR count). The third kappa shape index (κ3) is 4.14. The molecule has 0 saturated heterocycles. The van der Waals surface area contributed by atoms with Gasteiger partial charge in [-0.15, -0.1) is 5.10 Å². The van der Waals surface area contributed by atoms with Gasteiger partial charge in [-0.25, -0.2) is 4.68 Å². The van der Waals surface area contributed by atoms with Crippen LogP contribution in [0.15, 0.2) is 6.20 Å². The molecule has 0 aliphatic heterocycles. The van der Waals surface area contributed by atoms with Crippen molar-refractivity contribution in [3.63, 3.8) is 0 Å². The first-order valence-corrected chi connectivity index (χ1v) is 5.82. The number of aliphatic carboxylic acids is 1. The molecule has 0 amide bonds. The predicted octanol–water partition coefficient (Wildman–Crippen LogP) is 0.846. The Labute approximate surface area is 100 Å². The Morgan fingerprint density at radius 2 is 2.12 bits per heavy atom. The average molecular weight is 241 g/mol. The molecular weight excluding hydrogens is 222 g/mol. The number of aryl methyl sites for hydroxylation is 1. The molecule has 0 fully saturated rings. The maximum absolute atomic E-state index is 10.4. The van der Waals surface area contributed by atoms with E-state index in [0.717, 1.165) is 0 Å². The fourth-order valence-corrected chi connectivity index (χ4v) is 1.54. The van der Waals surface area contributed by atoms with Gasteiger partial charge in [0.25, 0.3) is 0 Å². The second-order valence-electron chi connectivity index (χ2n) is 4.23. The molecule has 6 heteroatoms. The summed E-state index contributed by atoms with van der Waals surface area (Å²) in [6.07, 6.45) is 3.40. The Bertz CT molecular complexity index is 372. The van der Waals surface area contributed by atoms with Gasteiger partial charge in [0, 0.05) is 12.6 Å². The van der Waals surface area contributed by atoms with E-state index >= 15 is 0 Å². The highest BCUT2D eigenvalue weighted by atomic mass is 16.4. The Kier molecular flexibility index (Phi) is 4.62. The number of rotatable bonds is 7. The number of carbonyl (C=O) groups is 1. The van der Waals surface area contributed by atoms with E-state index in [1.165, 1.54) is 0 Å². The Balaban J connectivity index is 2.59. The maximum atomic E-state index is 10.4. The zero-order chi connectivity index (χ0) is 12.9. The molecule has 0 saturated carbocycles. The van der Waals surface area contributed by atoms with Crippen molar-refractivity contribution >= 4 is 5.97 Å². The fourth-order valence-electron chi connectivity index (χ4n) is 1.54. The lowest BCUT2D eigenvalue weighted by Gasteiger charge is -2.24. The van der Waals surface area contributed by atoms with E-state index in [2.05, 4.69) is 10.3 Å². The number of hydrogen-bond acceptors (Lipinski definition) is 4. The Morgan fingerprint density at radius 1 is 1.47 bits per heavy atom. The molecular formula is C11H19N3O3. The first-order chi connectivity index (χ1) is 7.99. The van der Waals surface area contributed by atoms with Crippen LogP contribution in [0.25, 0.3) is 0 Å². The molecule has 2 N–H and O–H groups in total. The quantitative estimate of drug-likeness (QED) is 0.738. The molecule has 0 radical (unpaired) electrons. The highest BCUT2D eigenvalue weighted by Crippen LogP contribution is 2.16. The van der Waals surface area contributed by atoms with Crippen molar-refractivity contribution in [1.29, 1.82) is 0 Å². The van der Waals surface area contributed by atoms with Crippen LogP contribution in [0.3, 0.4) is 0 Å². The van der Waals surface area contributed by atoms with Gasteiger partial charge in [-0.2, -0.15) is 0 Å². The standard InChI is InChI=1S/C11H19N3O3/c1-3-11(17,4-2)8-14-7-9(12-13-14)5-6-10(15)16/h7,17H,3-6,8H2,1-2H3,(H,15,16). The van der Waals surface area contributed by atoms with E-state index in [-0.39, 0.29) is 6.42 Å². The molecule has 0 bridgehead atoms. The summed E-state index contributed by atoms with van der Waals surface area (Å²) in [5.74, 6) is -0.849. The molecule has 1 aromatic rings. The number of carboxylic acid groups (broad SMARTS) is 1. The van der Waals surface area contributed by atoms with Crippen LogP contribution in [0.5, 0.6) is 0 Å².